The highest BCUT2D eigenvalue weighted by molar-refractivity contribution is 7.89. The molecule has 134 valence electrons. The molecule has 1 aliphatic heterocycles. The maximum Gasteiger partial charge on any atom is 0.227 e. The van der Waals surface area contributed by atoms with Gasteiger partial charge in [-0.15, -0.1) is 0 Å². The van der Waals surface area contributed by atoms with Crippen LogP contribution in [0.2, 0.25) is 0 Å². The molecule has 0 spiro atoms. The minimum atomic E-state index is -3.15. The van der Waals surface area contributed by atoms with Crippen LogP contribution in [0.4, 0.5) is 5.69 Å². The monoisotopic (exact) mass is 352 g/mol. The summed E-state index contributed by atoms with van der Waals surface area (Å²) in [6.07, 6.45) is 1.78. The number of benzene rings is 1. The van der Waals surface area contributed by atoms with E-state index in [2.05, 4.69) is 19.2 Å². The summed E-state index contributed by atoms with van der Waals surface area (Å²) in [5, 5.41) is 2.95. The molecule has 1 amide bonds. The van der Waals surface area contributed by atoms with Crippen LogP contribution >= 0.6 is 0 Å². The number of anilines is 1. The summed E-state index contributed by atoms with van der Waals surface area (Å²) in [5.41, 5.74) is 2.04. The first kappa shape index (κ1) is 18.9. The Morgan fingerprint density at radius 2 is 1.79 bits per heavy atom. The van der Waals surface area contributed by atoms with Crippen molar-refractivity contribution in [3.63, 3.8) is 0 Å². The van der Waals surface area contributed by atoms with Crippen LogP contribution in [-0.2, 0) is 14.8 Å². The van der Waals surface area contributed by atoms with Crippen molar-refractivity contribution in [3.8, 4) is 0 Å². The molecule has 1 aromatic rings. The highest BCUT2D eigenvalue weighted by Crippen LogP contribution is 2.23. The molecule has 0 atom stereocenters. The highest BCUT2D eigenvalue weighted by Gasteiger charge is 2.30. The summed E-state index contributed by atoms with van der Waals surface area (Å²) < 4.78 is 25.7. The van der Waals surface area contributed by atoms with Gasteiger partial charge >= 0.3 is 0 Å². The van der Waals surface area contributed by atoms with Gasteiger partial charge in [0.05, 0.1) is 5.75 Å². The topological polar surface area (TPSA) is 66.5 Å². The zero-order valence-corrected chi connectivity index (χ0v) is 15.6. The van der Waals surface area contributed by atoms with Crippen LogP contribution < -0.4 is 5.32 Å². The summed E-state index contributed by atoms with van der Waals surface area (Å²) in [4.78, 5) is 12.4. The fraction of sp³-hybridized carbons (Fsp3) is 0.611. The van der Waals surface area contributed by atoms with E-state index in [9.17, 15) is 13.2 Å². The maximum atomic E-state index is 12.4. The van der Waals surface area contributed by atoms with Gasteiger partial charge in [0.15, 0.2) is 0 Å². The molecule has 0 saturated carbocycles. The van der Waals surface area contributed by atoms with E-state index in [4.69, 9.17) is 0 Å². The molecular formula is C18H28N2O3S. The smallest absolute Gasteiger partial charge is 0.227 e. The Labute approximate surface area is 145 Å². The third-order valence-corrected chi connectivity index (χ3v) is 6.60. The van der Waals surface area contributed by atoms with Gasteiger partial charge in [-0.05, 0) is 42.9 Å². The molecule has 0 aromatic heterocycles. The van der Waals surface area contributed by atoms with Crippen LogP contribution in [0.15, 0.2) is 24.3 Å². The van der Waals surface area contributed by atoms with E-state index in [0.29, 0.717) is 38.3 Å². The molecule has 1 N–H and O–H groups in total. The number of hydrogen-bond donors (Lipinski definition) is 1. The fourth-order valence-corrected chi connectivity index (χ4v) is 4.52. The van der Waals surface area contributed by atoms with Gasteiger partial charge in [-0.1, -0.05) is 32.9 Å². The molecule has 5 nitrogen and oxygen atoms in total. The lowest BCUT2D eigenvalue weighted by Crippen LogP contribution is -2.42. The Morgan fingerprint density at radius 1 is 1.21 bits per heavy atom. The Hall–Kier alpha value is -1.40. The Morgan fingerprint density at radius 3 is 2.29 bits per heavy atom. The molecule has 6 heteroatoms. The van der Waals surface area contributed by atoms with Crippen molar-refractivity contribution in [2.45, 2.75) is 46.0 Å². The number of sulfonamides is 1. The number of carbonyl (C=O) groups excluding carboxylic acids is 1. The number of amides is 1. The first-order valence-corrected chi connectivity index (χ1v) is 10.3. The van der Waals surface area contributed by atoms with Crippen LogP contribution in [0.3, 0.4) is 0 Å². The molecule has 1 heterocycles. The number of piperidine rings is 1. The van der Waals surface area contributed by atoms with Crippen molar-refractivity contribution in [3.05, 3.63) is 29.8 Å². The van der Waals surface area contributed by atoms with Crippen molar-refractivity contribution in [1.29, 1.82) is 0 Å². The molecule has 0 aliphatic carbocycles. The summed E-state index contributed by atoms with van der Waals surface area (Å²) in [6, 6.07) is 7.91. The van der Waals surface area contributed by atoms with Crippen molar-refractivity contribution >= 4 is 21.6 Å². The maximum absolute atomic E-state index is 12.4. The van der Waals surface area contributed by atoms with Gasteiger partial charge < -0.3 is 5.32 Å². The van der Waals surface area contributed by atoms with E-state index >= 15 is 0 Å². The van der Waals surface area contributed by atoms with Crippen LogP contribution in [0.1, 0.15) is 51.5 Å². The van der Waals surface area contributed by atoms with E-state index in [0.717, 1.165) is 5.69 Å². The predicted molar refractivity (Wildman–Crippen MR) is 97.5 cm³/mol. The average molecular weight is 353 g/mol. The lowest BCUT2D eigenvalue weighted by Gasteiger charge is -2.30. The number of nitrogens with one attached hydrogen (secondary N) is 1. The summed E-state index contributed by atoms with van der Waals surface area (Å²) in [7, 11) is -3.15. The second-order valence-electron chi connectivity index (χ2n) is 6.76. The zero-order valence-electron chi connectivity index (χ0n) is 14.8. The van der Waals surface area contributed by atoms with Gasteiger partial charge in [0.25, 0.3) is 0 Å². The Kier molecular flexibility index (Phi) is 6.40. The molecule has 2 rings (SSSR count). The van der Waals surface area contributed by atoms with Gasteiger partial charge in [-0.3, -0.25) is 4.79 Å². The number of hydrogen-bond acceptors (Lipinski definition) is 3. The van der Waals surface area contributed by atoms with Gasteiger partial charge in [0.2, 0.25) is 15.9 Å². The van der Waals surface area contributed by atoms with E-state index in [-0.39, 0.29) is 17.6 Å². The molecule has 1 saturated heterocycles. The average Bonchev–Trinajstić information content (AvgIpc) is 2.55. The first-order valence-electron chi connectivity index (χ1n) is 8.72. The van der Waals surface area contributed by atoms with E-state index in [1.807, 2.05) is 31.2 Å². The number of carbonyl (C=O) groups is 1. The van der Waals surface area contributed by atoms with Gasteiger partial charge in [-0.25, -0.2) is 12.7 Å². The fourth-order valence-electron chi connectivity index (χ4n) is 2.98. The molecule has 0 radical (unpaired) electrons. The van der Waals surface area contributed by atoms with Crippen molar-refractivity contribution in [2.75, 3.05) is 24.2 Å². The van der Waals surface area contributed by atoms with Crippen molar-refractivity contribution in [2.24, 2.45) is 5.92 Å². The second-order valence-corrected chi connectivity index (χ2v) is 8.84. The largest absolute Gasteiger partial charge is 0.326 e. The third-order valence-electron chi connectivity index (χ3n) is 4.53. The first-order chi connectivity index (χ1) is 11.3. The lowest BCUT2D eigenvalue weighted by atomic mass is 9.97. The van der Waals surface area contributed by atoms with E-state index in [1.165, 1.54) is 9.87 Å². The number of nitrogens with zero attached hydrogens (tertiary/aromatic N) is 1. The zero-order chi connectivity index (χ0) is 17.7. The quantitative estimate of drug-likeness (QED) is 0.855. The van der Waals surface area contributed by atoms with Gasteiger partial charge in [-0.2, -0.15) is 0 Å². The van der Waals surface area contributed by atoms with Gasteiger partial charge in [0.1, 0.15) is 0 Å². The molecule has 1 aliphatic rings. The summed E-state index contributed by atoms with van der Waals surface area (Å²) >= 11 is 0. The molecule has 1 fully saturated rings. The molecule has 24 heavy (non-hydrogen) atoms. The van der Waals surface area contributed by atoms with Crippen molar-refractivity contribution in [1.82, 2.24) is 4.31 Å². The second kappa shape index (κ2) is 8.12. The van der Waals surface area contributed by atoms with Crippen molar-refractivity contribution < 1.29 is 13.2 Å². The minimum absolute atomic E-state index is 0.0140. The minimum Gasteiger partial charge on any atom is -0.326 e. The molecule has 0 unspecified atom stereocenters. The number of rotatable bonds is 6. The lowest BCUT2D eigenvalue weighted by molar-refractivity contribution is -0.120. The molecular weight excluding hydrogens is 324 g/mol. The van der Waals surface area contributed by atoms with Crippen LogP contribution in [0.5, 0.6) is 0 Å². The predicted octanol–water partition coefficient (Wildman–Crippen LogP) is 3.20. The Balaban J connectivity index is 1.89. The summed E-state index contributed by atoms with van der Waals surface area (Å²) in [5.74, 6) is 0.512. The van der Waals surface area contributed by atoms with E-state index in [1.54, 1.807) is 0 Å². The molecule has 1 aromatic carbocycles. The van der Waals surface area contributed by atoms with E-state index < -0.39 is 10.0 Å². The standard InChI is InChI=1S/C18H28N2O3S/c1-4-13-24(22,23)20-11-9-16(10-12-20)18(21)19-17-7-5-15(6-8-17)14(2)3/h5-8,14,16H,4,9-13H2,1-3H3,(H,19,21). The SMILES string of the molecule is CCCS(=O)(=O)N1CCC(C(=O)Nc2ccc(C(C)C)cc2)CC1. The van der Waals surface area contributed by atoms with Gasteiger partial charge in [0, 0.05) is 24.7 Å². The van der Waals surface area contributed by atoms with Crippen LogP contribution in [-0.4, -0.2) is 37.5 Å². The normalized spacial score (nSPS) is 17.2. The Bertz CT molecular complexity index is 645. The summed E-state index contributed by atoms with van der Waals surface area (Å²) in [6.45, 7) is 7.00. The third kappa shape index (κ3) is 4.80. The molecule has 0 bridgehead atoms. The van der Waals surface area contributed by atoms with Crippen LogP contribution in [0, 0.1) is 5.92 Å². The highest BCUT2D eigenvalue weighted by atomic mass is 32.2. The van der Waals surface area contributed by atoms with Crippen LogP contribution in [0.25, 0.3) is 0 Å².